The van der Waals surface area contributed by atoms with Gasteiger partial charge < -0.3 is 0 Å². The first kappa shape index (κ1) is 15.3. The quantitative estimate of drug-likeness (QED) is 0.411. The molecule has 0 bridgehead atoms. The van der Waals surface area contributed by atoms with E-state index < -0.39 is 0 Å². The van der Waals surface area contributed by atoms with Crippen molar-refractivity contribution in [3.05, 3.63) is 115 Å². The standard InChI is InChI=1S/C18H14N.C5H5N/c1-4-11-19(12-5-1)18-10-6-9-16-15-8-3-2-7-14(15)13-17(16)18;1-2-4-6-5-3-1/h1-12H,13H2;1-5H/q+1;. The Morgan fingerprint density at radius 3 is 2.08 bits per heavy atom. The fourth-order valence-corrected chi connectivity index (χ4v) is 3.25. The van der Waals surface area contributed by atoms with Crippen LogP contribution in [0.4, 0.5) is 0 Å². The Bertz CT molecular complexity index is 937. The van der Waals surface area contributed by atoms with Gasteiger partial charge in [-0.1, -0.05) is 48.5 Å². The highest BCUT2D eigenvalue weighted by molar-refractivity contribution is 5.78. The molecule has 0 N–H and O–H groups in total. The van der Waals surface area contributed by atoms with Crippen molar-refractivity contribution in [2.24, 2.45) is 0 Å². The van der Waals surface area contributed by atoms with E-state index >= 15 is 0 Å². The van der Waals surface area contributed by atoms with Gasteiger partial charge in [-0.3, -0.25) is 4.98 Å². The van der Waals surface area contributed by atoms with Crippen LogP contribution in [0, 0.1) is 0 Å². The second-order valence-electron chi connectivity index (χ2n) is 5.94. The highest BCUT2D eigenvalue weighted by Crippen LogP contribution is 2.37. The van der Waals surface area contributed by atoms with Gasteiger partial charge in [-0.05, 0) is 28.8 Å². The number of hydrogen-bond donors (Lipinski definition) is 0. The molecule has 0 spiro atoms. The average molecular weight is 323 g/mol. The Labute approximate surface area is 148 Å². The van der Waals surface area contributed by atoms with Crippen molar-refractivity contribution >= 4 is 0 Å². The van der Waals surface area contributed by atoms with Crippen LogP contribution < -0.4 is 4.57 Å². The molecule has 0 saturated heterocycles. The van der Waals surface area contributed by atoms with Gasteiger partial charge in [-0.2, -0.15) is 4.57 Å². The fraction of sp³-hybridized carbons (Fsp3) is 0.0435. The molecule has 0 saturated carbocycles. The van der Waals surface area contributed by atoms with Gasteiger partial charge in [0, 0.05) is 42.6 Å². The maximum atomic E-state index is 3.78. The number of hydrogen-bond acceptors (Lipinski definition) is 1. The van der Waals surface area contributed by atoms with E-state index in [9.17, 15) is 0 Å². The van der Waals surface area contributed by atoms with Crippen LogP contribution in [0.5, 0.6) is 0 Å². The van der Waals surface area contributed by atoms with E-state index in [4.69, 9.17) is 0 Å². The van der Waals surface area contributed by atoms with Crippen LogP contribution in [-0.4, -0.2) is 4.98 Å². The zero-order valence-electron chi connectivity index (χ0n) is 13.9. The van der Waals surface area contributed by atoms with Gasteiger partial charge in [0.05, 0.1) is 0 Å². The van der Waals surface area contributed by atoms with E-state index in [1.165, 1.54) is 27.9 Å². The van der Waals surface area contributed by atoms with Gasteiger partial charge in [0.2, 0.25) is 5.69 Å². The Kier molecular flexibility index (Phi) is 4.34. The van der Waals surface area contributed by atoms with Crippen LogP contribution in [0.1, 0.15) is 11.1 Å². The van der Waals surface area contributed by atoms with Crippen molar-refractivity contribution in [3.63, 3.8) is 0 Å². The summed E-state index contributed by atoms with van der Waals surface area (Å²) >= 11 is 0. The number of pyridine rings is 2. The monoisotopic (exact) mass is 323 g/mol. The molecule has 2 heteroatoms. The average Bonchev–Trinajstić information content (AvgIpc) is 3.09. The lowest BCUT2D eigenvalue weighted by Crippen LogP contribution is -2.30. The number of aromatic nitrogens is 2. The highest BCUT2D eigenvalue weighted by atomic mass is 14.9. The van der Waals surface area contributed by atoms with Gasteiger partial charge in [0.1, 0.15) is 0 Å². The van der Waals surface area contributed by atoms with Crippen LogP contribution in [0.25, 0.3) is 16.8 Å². The first-order chi connectivity index (χ1) is 12.4. The van der Waals surface area contributed by atoms with E-state index in [0.29, 0.717) is 0 Å². The summed E-state index contributed by atoms with van der Waals surface area (Å²) in [5, 5.41) is 0. The molecule has 0 aliphatic heterocycles. The maximum absolute atomic E-state index is 3.78. The third-order valence-corrected chi connectivity index (χ3v) is 4.39. The minimum atomic E-state index is 1.03. The summed E-state index contributed by atoms with van der Waals surface area (Å²) in [4.78, 5) is 3.78. The number of rotatable bonds is 1. The summed E-state index contributed by atoms with van der Waals surface area (Å²) in [5.74, 6) is 0. The first-order valence-corrected chi connectivity index (χ1v) is 8.45. The van der Waals surface area contributed by atoms with Crippen LogP contribution in [0.3, 0.4) is 0 Å². The fourth-order valence-electron chi connectivity index (χ4n) is 3.25. The second-order valence-corrected chi connectivity index (χ2v) is 5.94. The summed E-state index contributed by atoms with van der Waals surface area (Å²) < 4.78 is 2.20. The molecule has 25 heavy (non-hydrogen) atoms. The minimum absolute atomic E-state index is 1.03. The predicted molar refractivity (Wildman–Crippen MR) is 100 cm³/mol. The van der Waals surface area contributed by atoms with Gasteiger partial charge in [-0.25, -0.2) is 0 Å². The topological polar surface area (TPSA) is 16.8 Å². The van der Waals surface area contributed by atoms with E-state index in [2.05, 4.69) is 82.6 Å². The molecule has 4 aromatic rings. The van der Waals surface area contributed by atoms with Gasteiger partial charge in [-0.15, -0.1) is 0 Å². The molecule has 2 nitrogen and oxygen atoms in total. The summed E-state index contributed by atoms with van der Waals surface area (Å²) in [6, 6.07) is 27.2. The Balaban J connectivity index is 0.000000223. The zero-order valence-corrected chi connectivity index (χ0v) is 13.9. The van der Waals surface area contributed by atoms with Crippen molar-refractivity contribution in [2.45, 2.75) is 6.42 Å². The lowest BCUT2D eigenvalue weighted by atomic mass is 10.0. The SMILES string of the molecule is c1cc[n+](-c2cccc3c2Cc2ccccc2-3)cc1.c1ccncc1. The lowest BCUT2D eigenvalue weighted by Gasteiger charge is -2.03. The number of benzene rings is 2. The van der Waals surface area contributed by atoms with Crippen LogP contribution in [0.2, 0.25) is 0 Å². The molecule has 2 heterocycles. The molecule has 120 valence electrons. The molecule has 0 unspecified atom stereocenters. The molecular weight excluding hydrogens is 304 g/mol. The zero-order chi connectivity index (χ0) is 16.9. The van der Waals surface area contributed by atoms with E-state index in [0.717, 1.165) is 6.42 Å². The van der Waals surface area contributed by atoms with Gasteiger partial charge >= 0.3 is 0 Å². The van der Waals surface area contributed by atoms with Crippen molar-refractivity contribution < 1.29 is 4.57 Å². The maximum Gasteiger partial charge on any atom is 0.214 e. The molecule has 0 amide bonds. The predicted octanol–water partition coefficient (Wildman–Crippen LogP) is 4.62. The first-order valence-electron chi connectivity index (χ1n) is 8.45. The minimum Gasteiger partial charge on any atom is -0.265 e. The van der Waals surface area contributed by atoms with Crippen LogP contribution >= 0.6 is 0 Å². The molecular formula is C23H19N2+. The smallest absolute Gasteiger partial charge is 0.214 e. The van der Waals surface area contributed by atoms with E-state index in [-0.39, 0.29) is 0 Å². The molecule has 1 aliphatic carbocycles. The highest BCUT2D eigenvalue weighted by Gasteiger charge is 2.24. The Hall–Kier alpha value is -3.26. The largest absolute Gasteiger partial charge is 0.265 e. The van der Waals surface area contributed by atoms with E-state index in [1.54, 1.807) is 12.4 Å². The number of nitrogens with zero attached hydrogens (tertiary/aromatic N) is 2. The summed E-state index contributed by atoms with van der Waals surface area (Å²) in [7, 11) is 0. The molecule has 0 atom stereocenters. The van der Waals surface area contributed by atoms with Gasteiger partial charge in [0.25, 0.3) is 0 Å². The molecule has 5 rings (SSSR count). The summed E-state index contributed by atoms with van der Waals surface area (Å²) in [6.07, 6.45) is 8.75. The summed E-state index contributed by atoms with van der Waals surface area (Å²) in [5.41, 5.74) is 6.91. The molecule has 0 radical (unpaired) electrons. The molecule has 2 aromatic heterocycles. The number of fused-ring (bicyclic) bond motifs is 3. The van der Waals surface area contributed by atoms with E-state index in [1.807, 2.05) is 18.2 Å². The van der Waals surface area contributed by atoms with Crippen molar-refractivity contribution in [2.75, 3.05) is 0 Å². The van der Waals surface area contributed by atoms with Crippen molar-refractivity contribution in [1.82, 2.24) is 4.98 Å². The molecule has 1 aliphatic rings. The van der Waals surface area contributed by atoms with Gasteiger partial charge in [0.15, 0.2) is 12.4 Å². The molecule has 2 aromatic carbocycles. The summed E-state index contributed by atoms with van der Waals surface area (Å²) in [6.45, 7) is 0. The van der Waals surface area contributed by atoms with Crippen molar-refractivity contribution in [1.29, 1.82) is 0 Å². The third-order valence-electron chi connectivity index (χ3n) is 4.39. The van der Waals surface area contributed by atoms with Crippen LogP contribution in [-0.2, 0) is 6.42 Å². The second kappa shape index (κ2) is 7.10. The van der Waals surface area contributed by atoms with Crippen LogP contribution in [0.15, 0.2) is 104 Å². The third kappa shape index (κ3) is 3.20. The Morgan fingerprint density at radius 1 is 0.640 bits per heavy atom. The molecule has 0 fully saturated rings. The van der Waals surface area contributed by atoms with Crippen molar-refractivity contribution in [3.8, 4) is 16.8 Å². The normalized spacial score (nSPS) is 11.0. The Morgan fingerprint density at radius 2 is 1.36 bits per heavy atom. The lowest BCUT2D eigenvalue weighted by molar-refractivity contribution is -0.596.